The highest BCUT2D eigenvalue weighted by atomic mass is 16.5. The number of unbranched alkanes of at least 4 members (excludes halogenated alkanes) is 2. The third-order valence-corrected chi connectivity index (χ3v) is 5.82. The predicted molar refractivity (Wildman–Crippen MR) is 113 cm³/mol. The van der Waals surface area contributed by atoms with Crippen molar-refractivity contribution in [3.63, 3.8) is 0 Å². The van der Waals surface area contributed by atoms with E-state index in [2.05, 4.69) is 37.7 Å². The van der Waals surface area contributed by atoms with Crippen molar-refractivity contribution in [3.8, 4) is 11.5 Å². The number of benzene rings is 1. The van der Waals surface area contributed by atoms with Crippen LogP contribution in [0.15, 0.2) is 33.3 Å². The summed E-state index contributed by atoms with van der Waals surface area (Å²) >= 11 is 0. The lowest BCUT2D eigenvalue weighted by atomic mass is 10.1. The highest BCUT2D eigenvalue weighted by Gasteiger charge is 2.24. The molecule has 5 rings (SSSR count). The smallest absolute Gasteiger partial charge is 0.257 e. The van der Waals surface area contributed by atoms with Gasteiger partial charge in [0.15, 0.2) is 11.6 Å². The Hall–Kier alpha value is -2.70. The summed E-state index contributed by atoms with van der Waals surface area (Å²) in [6.07, 6.45) is 11.3. The Labute approximate surface area is 176 Å². The van der Waals surface area contributed by atoms with Crippen molar-refractivity contribution in [2.24, 2.45) is 11.8 Å². The number of hydrogen-bond donors (Lipinski definition) is 1. The van der Waals surface area contributed by atoms with Crippen molar-refractivity contribution in [2.45, 2.75) is 64.2 Å². The van der Waals surface area contributed by atoms with Crippen LogP contribution in [0.1, 0.15) is 62.5 Å². The van der Waals surface area contributed by atoms with E-state index in [0.717, 1.165) is 85.7 Å². The maximum Gasteiger partial charge on any atom is 0.257 e. The molecule has 2 fully saturated rings. The van der Waals surface area contributed by atoms with Crippen LogP contribution in [-0.4, -0.2) is 26.8 Å². The Balaban J connectivity index is 1.02. The van der Waals surface area contributed by atoms with Crippen molar-refractivity contribution in [2.75, 3.05) is 11.9 Å². The van der Waals surface area contributed by atoms with E-state index in [9.17, 15) is 0 Å². The Morgan fingerprint density at radius 1 is 0.867 bits per heavy atom. The lowest BCUT2D eigenvalue weighted by molar-refractivity contribution is 0.368. The quantitative estimate of drug-likeness (QED) is 0.429. The molecule has 0 radical (unpaired) electrons. The maximum atomic E-state index is 5.45. The first-order valence-corrected chi connectivity index (χ1v) is 11.3. The molecule has 2 heterocycles. The minimum absolute atomic E-state index is 0.606. The normalized spacial score (nSPS) is 16.1. The fraction of sp³-hybridized carbons (Fsp3) is 0.565. The molecule has 30 heavy (non-hydrogen) atoms. The minimum atomic E-state index is 0.606. The number of rotatable bonds is 12. The van der Waals surface area contributed by atoms with Crippen LogP contribution >= 0.6 is 0 Å². The fourth-order valence-electron chi connectivity index (χ4n) is 3.66. The zero-order chi connectivity index (χ0) is 20.2. The molecule has 1 N–H and O–H groups in total. The summed E-state index contributed by atoms with van der Waals surface area (Å²) in [5.74, 6) is 4.65. The number of nitrogens with one attached hydrogen (secondary N) is 1. The van der Waals surface area contributed by atoms with E-state index in [1.807, 2.05) is 12.1 Å². The lowest BCUT2D eigenvalue weighted by Gasteiger charge is -2.06. The summed E-state index contributed by atoms with van der Waals surface area (Å²) in [5, 5.41) is 11.7. The van der Waals surface area contributed by atoms with Crippen LogP contribution in [0.4, 0.5) is 5.69 Å². The summed E-state index contributed by atoms with van der Waals surface area (Å²) in [5.41, 5.74) is 2.05. The fourth-order valence-corrected chi connectivity index (χ4v) is 3.66. The molecule has 0 saturated heterocycles. The summed E-state index contributed by atoms with van der Waals surface area (Å²) < 4.78 is 10.8. The van der Waals surface area contributed by atoms with E-state index in [-0.39, 0.29) is 0 Å². The summed E-state index contributed by atoms with van der Waals surface area (Å²) in [6, 6.07) is 8.19. The van der Waals surface area contributed by atoms with Gasteiger partial charge in [-0.1, -0.05) is 22.8 Å². The zero-order valence-electron chi connectivity index (χ0n) is 17.3. The van der Waals surface area contributed by atoms with Crippen molar-refractivity contribution in [3.05, 3.63) is 41.8 Å². The largest absolute Gasteiger partial charge is 0.385 e. The minimum Gasteiger partial charge on any atom is -0.385 e. The van der Waals surface area contributed by atoms with E-state index < -0.39 is 0 Å². The molecule has 2 aliphatic rings. The van der Waals surface area contributed by atoms with Crippen molar-refractivity contribution in [1.82, 2.24) is 20.3 Å². The molecule has 0 aliphatic heterocycles. The SMILES string of the molecule is c1cc(NCCCCCc2nc(CC3CC3)no2)cc(-c2nc(CC3CC3)no2)c1. The van der Waals surface area contributed by atoms with Gasteiger partial charge < -0.3 is 14.4 Å². The predicted octanol–water partition coefficient (Wildman–Crippen LogP) is 4.85. The number of anilines is 1. The molecule has 1 aromatic carbocycles. The second-order valence-corrected chi connectivity index (χ2v) is 8.73. The molecular weight excluding hydrogens is 378 g/mol. The zero-order valence-corrected chi connectivity index (χ0v) is 17.3. The van der Waals surface area contributed by atoms with Crippen LogP contribution < -0.4 is 5.32 Å². The molecule has 2 aliphatic carbocycles. The second kappa shape index (κ2) is 8.98. The van der Waals surface area contributed by atoms with Crippen molar-refractivity contribution in [1.29, 1.82) is 0 Å². The van der Waals surface area contributed by atoms with Gasteiger partial charge in [0.1, 0.15) is 0 Å². The molecular formula is C23H29N5O2. The lowest BCUT2D eigenvalue weighted by Crippen LogP contribution is -2.01. The third-order valence-electron chi connectivity index (χ3n) is 5.82. The molecule has 0 atom stereocenters. The standard InChI is InChI=1S/C23H29N5O2/c1(2-7-22-25-20(27-29-22)13-16-8-9-16)3-12-24-19-6-4-5-18(15-19)23-26-21(28-30-23)14-17-10-11-17/h4-6,15-17,24H,1-3,7-14H2. The van der Waals surface area contributed by atoms with Gasteiger partial charge in [-0.15, -0.1) is 0 Å². The van der Waals surface area contributed by atoms with Crippen LogP contribution in [0.2, 0.25) is 0 Å². The van der Waals surface area contributed by atoms with Crippen LogP contribution in [0, 0.1) is 11.8 Å². The van der Waals surface area contributed by atoms with Gasteiger partial charge in [0.25, 0.3) is 5.89 Å². The van der Waals surface area contributed by atoms with Gasteiger partial charge in [-0.25, -0.2) is 0 Å². The van der Waals surface area contributed by atoms with E-state index in [4.69, 9.17) is 9.05 Å². The van der Waals surface area contributed by atoms with Crippen LogP contribution in [0.25, 0.3) is 11.5 Å². The Morgan fingerprint density at radius 2 is 1.63 bits per heavy atom. The van der Waals surface area contributed by atoms with E-state index in [1.54, 1.807) is 0 Å². The first-order valence-electron chi connectivity index (χ1n) is 11.3. The van der Waals surface area contributed by atoms with Gasteiger partial charge in [-0.05, 0) is 68.6 Å². The van der Waals surface area contributed by atoms with E-state index in [0.29, 0.717) is 5.89 Å². The topological polar surface area (TPSA) is 89.9 Å². The van der Waals surface area contributed by atoms with Crippen LogP contribution in [0.5, 0.6) is 0 Å². The van der Waals surface area contributed by atoms with Crippen molar-refractivity contribution < 1.29 is 9.05 Å². The van der Waals surface area contributed by atoms with Gasteiger partial charge in [0.2, 0.25) is 5.89 Å². The number of aromatic nitrogens is 4. The highest BCUT2D eigenvalue weighted by molar-refractivity contribution is 5.61. The summed E-state index contributed by atoms with van der Waals surface area (Å²) in [7, 11) is 0. The number of aryl methyl sites for hydroxylation is 1. The molecule has 0 unspecified atom stereocenters. The Morgan fingerprint density at radius 3 is 2.43 bits per heavy atom. The Kier molecular flexibility index (Phi) is 5.77. The van der Waals surface area contributed by atoms with Gasteiger partial charge in [0.05, 0.1) is 0 Å². The number of nitrogens with zero attached hydrogens (tertiary/aromatic N) is 4. The first kappa shape index (κ1) is 19.3. The van der Waals surface area contributed by atoms with E-state index in [1.165, 1.54) is 25.7 Å². The molecule has 2 aromatic heterocycles. The average molecular weight is 408 g/mol. The van der Waals surface area contributed by atoms with Gasteiger partial charge >= 0.3 is 0 Å². The molecule has 3 aromatic rings. The maximum absolute atomic E-state index is 5.45. The molecule has 158 valence electrons. The second-order valence-electron chi connectivity index (χ2n) is 8.73. The highest BCUT2D eigenvalue weighted by Crippen LogP contribution is 2.33. The third kappa shape index (κ3) is 5.46. The average Bonchev–Trinajstić information content (AvgIpc) is 3.65. The van der Waals surface area contributed by atoms with Crippen LogP contribution in [-0.2, 0) is 19.3 Å². The molecule has 0 spiro atoms. The molecule has 0 bridgehead atoms. The van der Waals surface area contributed by atoms with Gasteiger partial charge in [-0.2, -0.15) is 9.97 Å². The summed E-state index contributed by atoms with van der Waals surface area (Å²) in [6.45, 7) is 0.928. The number of hydrogen-bond acceptors (Lipinski definition) is 7. The van der Waals surface area contributed by atoms with E-state index >= 15 is 0 Å². The molecule has 0 amide bonds. The molecule has 2 saturated carbocycles. The van der Waals surface area contributed by atoms with Crippen LogP contribution in [0.3, 0.4) is 0 Å². The first-order chi connectivity index (χ1) is 14.8. The Bertz CT molecular complexity index is 958. The monoisotopic (exact) mass is 407 g/mol. The molecule has 7 nitrogen and oxygen atoms in total. The van der Waals surface area contributed by atoms with Gasteiger partial charge in [0, 0.05) is 37.1 Å². The summed E-state index contributed by atoms with van der Waals surface area (Å²) in [4.78, 5) is 9.05. The van der Waals surface area contributed by atoms with Crippen molar-refractivity contribution >= 4 is 5.69 Å². The van der Waals surface area contributed by atoms with Gasteiger partial charge in [-0.3, -0.25) is 0 Å². The molecule has 7 heteroatoms.